The fraction of sp³-hybridized carbons (Fsp3) is 0. The minimum atomic E-state index is -0.250. The molecule has 0 fully saturated rings. The SMILES string of the molecule is N=NC=NN.O=CO. The molecular weight excluding hydrogens is 112 g/mol. The fourth-order valence-electron chi connectivity index (χ4n) is 0.0333. The fourth-order valence-corrected chi connectivity index (χ4v) is 0.0333. The van der Waals surface area contributed by atoms with Crippen LogP contribution in [0.3, 0.4) is 0 Å². The molecule has 0 aliphatic carbocycles. The van der Waals surface area contributed by atoms with Crippen LogP contribution >= 0.6 is 0 Å². The zero-order valence-electron chi connectivity index (χ0n) is 3.98. The molecule has 0 aromatic heterocycles. The van der Waals surface area contributed by atoms with Crippen molar-refractivity contribution >= 4 is 12.8 Å². The molecule has 0 aromatic carbocycles. The molecule has 0 radical (unpaired) electrons. The van der Waals surface area contributed by atoms with Gasteiger partial charge in [-0.2, -0.15) is 5.10 Å². The van der Waals surface area contributed by atoms with E-state index in [1.54, 1.807) is 0 Å². The van der Waals surface area contributed by atoms with Crippen molar-refractivity contribution in [2.45, 2.75) is 0 Å². The molecule has 0 saturated heterocycles. The van der Waals surface area contributed by atoms with E-state index >= 15 is 0 Å². The summed E-state index contributed by atoms with van der Waals surface area (Å²) < 4.78 is 0. The van der Waals surface area contributed by atoms with E-state index in [1.807, 2.05) is 0 Å². The van der Waals surface area contributed by atoms with Crippen molar-refractivity contribution in [3.05, 3.63) is 0 Å². The summed E-state index contributed by atoms with van der Waals surface area (Å²) in [6, 6.07) is 0. The minimum absolute atomic E-state index is 0.250. The molecule has 0 aliphatic heterocycles. The van der Waals surface area contributed by atoms with Crippen LogP contribution in [0.5, 0.6) is 0 Å². The van der Waals surface area contributed by atoms with Gasteiger partial charge in [-0.15, -0.1) is 5.11 Å². The number of hydrogen-bond acceptors (Lipinski definition) is 4. The molecule has 8 heavy (non-hydrogen) atoms. The quantitative estimate of drug-likeness (QED) is 0.109. The van der Waals surface area contributed by atoms with Gasteiger partial charge < -0.3 is 10.9 Å². The second-order valence-electron chi connectivity index (χ2n) is 0.499. The summed E-state index contributed by atoms with van der Waals surface area (Å²) >= 11 is 0. The van der Waals surface area contributed by atoms with E-state index in [-0.39, 0.29) is 6.47 Å². The lowest BCUT2D eigenvalue weighted by molar-refractivity contribution is -0.122. The van der Waals surface area contributed by atoms with Gasteiger partial charge in [-0.3, -0.25) is 4.79 Å². The summed E-state index contributed by atoms with van der Waals surface area (Å²) in [5.41, 5.74) is 6.00. The van der Waals surface area contributed by atoms with Gasteiger partial charge >= 0.3 is 0 Å². The van der Waals surface area contributed by atoms with Gasteiger partial charge in [0, 0.05) is 0 Å². The van der Waals surface area contributed by atoms with Crippen LogP contribution in [0.1, 0.15) is 0 Å². The molecule has 0 bridgehead atoms. The van der Waals surface area contributed by atoms with Crippen molar-refractivity contribution in [2.75, 3.05) is 0 Å². The third-order valence-corrected chi connectivity index (χ3v) is 0.124. The molecule has 46 valence electrons. The zero-order chi connectivity index (χ0) is 6.83. The first-order chi connectivity index (χ1) is 3.83. The Morgan fingerprint density at radius 3 is 2.12 bits per heavy atom. The van der Waals surface area contributed by atoms with Crippen molar-refractivity contribution in [3.63, 3.8) is 0 Å². The molecule has 6 heteroatoms. The van der Waals surface area contributed by atoms with Gasteiger partial charge in [0.05, 0.1) is 0 Å². The number of hydrazone groups is 1. The van der Waals surface area contributed by atoms with E-state index in [1.165, 1.54) is 0 Å². The molecule has 0 heterocycles. The molecule has 0 rings (SSSR count). The summed E-state index contributed by atoms with van der Waals surface area (Å²) in [7, 11) is 0. The van der Waals surface area contributed by atoms with Gasteiger partial charge in [0.1, 0.15) is 0 Å². The Labute approximate surface area is 45.5 Å². The Hall–Kier alpha value is -1.46. The number of rotatable bonds is 1. The highest BCUT2D eigenvalue weighted by Crippen LogP contribution is 1.44. The first kappa shape index (κ1) is 9.74. The highest BCUT2D eigenvalue weighted by molar-refractivity contribution is 5.52. The highest BCUT2D eigenvalue weighted by atomic mass is 16.3. The van der Waals surface area contributed by atoms with Crippen LogP contribution in [0.15, 0.2) is 10.2 Å². The van der Waals surface area contributed by atoms with Gasteiger partial charge in [-0.1, -0.05) is 0 Å². The van der Waals surface area contributed by atoms with Crippen molar-refractivity contribution in [1.82, 2.24) is 0 Å². The first-order valence-corrected chi connectivity index (χ1v) is 1.49. The van der Waals surface area contributed by atoms with Crippen molar-refractivity contribution < 1.29 is 9.90 Å². The van der Waals surface area contributed by atoms with Crippen LogP contribution in [0.25, 0.3) is 0 Å². The molecule has 0 saturated carbocycles. The average Bonchev–Trinajstić information content (AvgIpc) is 1.71. The average molecular weight is 118 g/mol. The number of nitrogens with two attached hydrogens (primary N) is 1. The van der Waals surface area contributed by atoms with E-state index in [0.29, 0.717) is 0 Å². The molecule has 6 nitrogen and oxygen atoms in total. The Morgan fingerprint density at radius 2 is 2.12 bits per heavy atom. The van der Waals surface area contributed by atoms with Gasteiger partial charge in [-0.05, 0) is 0 Å². The standard InChI is InChI=1S/CH4N4.CH2O2/c2-4-1-5-3;2-1-3/h1-2H,3H2;1H,(H,2,3). The monoisotopic (exact) mass is 118 g/mol. The first-order valence-electron chi connectivity index (χ1n) is 1.49. The van der Waals surface area contributed by atoms with Crippen LogP contribution in [0.4, 0.5) is 0 Å². The van der Waals surface area contributed by atoms with Gasteiger partial charge in [-0.25, -0.2) is 5.53 Å². The largest absolute Gasteiger partial charge is 0.483 e. The van der Waals surface area contributed by atoms with Gasteiger partial charge in [0.15, 0.2) is 6.34 Å². The molecule has 0 amide bonds. The summed E-state index contributed by atoms with van der Waals surface area (Å²) in [4.78, 5) is 8.36. The van der Waals surface area contributed by atoms with Gasteiger partial charge in [0.2, 0.25) is 0 Å². The van der Waals surface area contributed by atoms with E-state index in [4.69, 9.17) is 15.4 Å². The van der Waals surface area contributed by atoms with E-state index < -0.39 is 0 Å². The number of carboxylic acid groups (broad SMARTS) is 1. The number of hydrogen-bond donors (Lipinski definition) is 3. The third kappa shape index (κ3) is 195. The van der Waals surface area contributed by atoms with Crippen LogP contribution in [0.2, 0.25) is 0 Å². The van der Waals surface area contributed by atoms with Crippen LogP contribution in [-0.4, -0.2) is 17.9 Å². The summed E-state index contributed by atoms with van der Waals surface area (Å²) in [5.74, 6) is 4.49. The zero-order valence-corrected chi connectivity index (χ0v) is 3.98. The molecule has 0 aromatic rings. The smallest absolute Gasteiger partial charge is 0.290 e. The summed E-state index contributed by atoms with van der Waals surface area (Å²) in [6.07, 6.45) is 0.944. The maximum Gasteiger partial charge on any atom is 0.290 e. The van der Waals surface area contributed by atoms with E-state index in [2.05, 4.69) is 16.1 Å². The second kappa shape index (κ2) is 17.7. The Kier molecular flexibility index (Phi) is 21.5. The number of carbonyl (C=O) groups is 1. The van der Waals surface area contributed by atoms with Crippen molar-refractivity contribution in [3.8, 4) is 0 Å². The lowest BCUT2D eigenvalue weighted by atomic mass is 11.4. The Balaban J connectivity index is 0. The summed E-state index contributed by atoms with van der Waals surface area (Å²) in [5, 5.41) is 12.5. The molecule has 4 N–H and O–H groups in total. The lowest BCUT2D eigenvalue weighted by Crippen LogP contribution is -1.75. The minimum Gasteiger partial charge on any atom is -0.483 e. The third-order valence-electron chi connectivity index (χ3n) is 0.124. The maximum absolute atomic E-state index is 8.36. The molecule has 0 aliphatic rings. The molecule has 0 spiro atoms. The van der Waals surface area contributed by atoms with Crippen LogP contribution < -0.4 is 5.84 Å². The lowest BCUT2D eigenvalue weighted by Gasteiger charge is -1.58. The van der Waals surface area contributed by atoms with E-state index in [0.717, 1.165) is 6.34 Å². The summed E-state index contributed by atoms with van der Waals surface area (Å²) in [6.45, 7) is -0.250. The molecule has 0 atom stereocenters. The predicted octanol–water partition coefficient (Wildman–Crippen LogP) is -0.380. The van der Waals surface area contributed by atoms with Crippen LogP contribution in [-0.2, 0) is 4.79 Å². The Bertz CT molecular complexity index is 80.1. The normalized spacial score (nSPS) is 7.00. The Morgan fingerprint density at radius 1 is 1.75 bits per heavy atom. The topological polar surface area (TPSA) is 112 Å². The maximum atomic E-state index is 8.36. The molecular formula is C2H6N4O2. The number of nitrogens with one attached hydrogen (secondary N) is 1. The number of nitrogens with zero attached hydrogens (tertiary/aromatic N) is 2. The van der Waals surface area contributed by atoms with Crippen molar-refractivity contribution in [1.29, 1.82) is 5.53 Å². The molecule has 0 unspecified atom stereocenters. The highest BCUT2D eigenvalue weighted by Gasteiger charge is 1.43. The predicted molar refractivity (Wildman–Crippen MR) is 26.5 cm³/mol. The van der Waals surface area contributed by atoms with E-state index in [9.17, 15) is 0 Å². The van der Waals surface area contributed by atoms with Crippen molar-refractivity contribution in [2.24, 2.45) is 16.1 Å². The second-order valence-corrected chi connectivity index (χ2v) is 0.499. The van der Waals surface area contributed by atoms with Crippen LogP contribution in [0, 0.1) is 5.53 Å². The van der Waals surface area contributed by atoms with Gasteiger partial charge in [0.25, 0.3) is 6.47 Å².